The van der Waals surface area contributed by atoms with Gasteiger partial charge in [-0.1, -0.05) is 13.8 Å². The third-order valence-corrected chi connectivity index (χ3v) is 1.96. The minimum absolute atomic E-state index is 0.0269. The summed E-state index contributed by atoms with van der Waals surface area (Å²) in [6.07, 6.45) is 1.93. The normalized spacial score (nSPS) is 10.5. The van der Waals surface area contributed by atoms with E-state index in [9.17, 15) is 4.79 Å². The van der Waals surface area contributed by atoms with Gasteiger partial charge in [0.2, 0.25) is 5.91 Å². The van der Waals surface area contributed by atoms with E-state index >= 15 is 0 Å². The van der Waals surface area contributed by atoms with E-state index in [-0.39, 0.29) is 5.91 Å². The topological polar surface area (TPSA) is 34.0 Å². The largest absolute Gasteiger partial charge is 0.352 e. The van der Waals surface area contributed by atoms with Crippen LogP contribution in [0.15, 0.2) is 12.3 Å². The highest BCUT2D eigenvalue weighted by atomic mass is 16.1. The Kier molecular flexibility index (Phi) is 2.76. The van der Waals surface area contributed by atoms with Gasteiger partial charge in [0, 0.05) is 25.9 Å². The summed E-state index contributed by atoms with van der Waals surface area (Å²) >= 11 is 0. The maximum atomic E-state index is 10.8. The zero-order chi connectivity index (χ0) is 10.0. The second-order valence-corrected chi connectivity index (χ2v) is 3.60. The average Bonchev–Trinajstić information content (AvgIpc) is 2.29. The molecule has 0 unspecified atom stereocenters. The molecule has 0 aliphatic rings. The van der Waals surface area contributed by atoms with Gasteiger partial charge >= 0.3 is 0 Å². The van der Waals surface area contributed by atoms with Gasteiger partial charge in [-0.05, 0) is 12.0 Å². The fourth-order valence-corrected chi connectivity index (χ4v) is 1.43. The highest BCUT2D eigenvalue weighted by Crippen LogP contribution is 2.20. The van der Waals surface area contributed by atoms with E-state index in [1.807, 2.05) is 23.9 Å². The molecule has 1 amide bonds. The summed E-state index contributed by atoms with van der Waals surface area (Å²) in [6.45, 7) is 5.78. The molecule has 0 saturated carbocycles. The average molecular weight is 180 g/mol. The van der Waals surface area contributed by atoms with Crippen LogP contribution in [0.2, 0.25) is 0 Å². The Labute approximate surface area is 78.8 Å². The lowest BCUT2D eigenvalue weighted by Crippen LogP contribution is -2.04. The zero-order valence-corrected chi connectivity index (χ0v) is 8.59. The van der Waals surface area contributed by atoms with E-state index in [1.54, 1.807) is 0 Å². The Balaban J connectivity index is 2.88. The van der Waals surface area contributed by atoms with Gasteiger partial charge in [-0.15, -0.1) is 0 Å². The first-order chi connectivity index (χ1) is 6.00. The van der Waals surface area contributed by atoms with Gasteiger partial charge in [0.1, 0.15) is 0 Å². The molecule has 0 fully saturated rings. The predicted octanol–water partition coefficient (Wildman–Crippen LogP) is 2.11. The molecule has 3 nitrogen and oxygen atoms in total. The van der Waals surface area contributed by atoms with Crippen LogP contribution in [-0.4, -0.2) is 10.5 Å². The van der Waals surface area contributed by atoms with Crippen LogP contribution in [0, 0.1) is 0 Å². The lowest BCUT2D eigenvalue weighted by Gasteiger charge is -2.04. The van der Waals surface area contributed by atoms with E-state index in [2.05, 4.69) is 19.2 Å². The number of rotatable bonds is 2. The zero-order valence-electron chi connectivity index (χ0n) is 8.59. The van der Waals surface area contributed by atoms with Crippen LogP contribution in [0.1, 0.15) is 32.4 Å². The number of aromatic nitrogens is 1. The van der Waals surface area contributed by atoms with Crippen molar-refractivity contribution in [2.45, 2.75) is 26.7 Å². The third kappa shape index (κ3) is 2.34. The maximum Gasteiger partial charge on any atom is 0.221 e. The quantitative estimate of drug-likeness (QED) is 0.743. The van der Waals surface area contributed by atoms with E-state index in [4.69, 9.17) is 0 Å². The predicted molar refractivity (Wildman–Crippen MR) is 53.8 cm³/mol. The van der Waals surface area contributed by atoms with Crippen LogP contribution >= 0.6 is 0 Å². The first kappa shape index (κ1) is 9.84. The van der Waals surface area contributed by atoms with Gasteiger partial charge in [-0.25, -0.2) is 0 Å². The number of amides is 1. The Morgan fingerprint density at radius 2 is 2.15 bits per heavy atom. The number of hydrogen-bond acceptors (Lipinski definition) is 1. The molecular formula is C10H16N2O. The minimum atomic E-state index is -0.0269. The number of nitrogens with zero attached hydrogens (tertiary/aromatic N) is 1. The summed E-state index contributed by atoms with van der Waals surface area (Å²) in [6, 6.07) is 2.01. The van der Waals surface area contributed by atoms with Gasteiger partial charge in [0.05, 0.1) is 5.69 Å². The molecule has 13 heavy (non-hydrogen) atoms. The van der Waals surface area contributed by atoms with Crippen molar-refractivity contribution >= 4 is 11.6 Å². The van der Waals surface area contributed by atoms with Gasteiger partial charge in [-0.3, -0.25) is 4.79 Å². The van der Waals surface area contributed by atoms with E-state index in [0.29, 0.717) is 5.92 Å². The molecule has 72 valence electrons. The Morgan fingerprint density at radius 3 is 2.54 bits per heavy atom. The van der Waals surface area contributed by atoms with E-state index < -0.39 is 0 Å². The van der Waals surface area contributed by atoms with Crippen molar-refractivity contribution in [2.24, 2.45) is 7.05 Å². The molecule has 0 radical (unpaired) electrons. The number of carbonyl (C=O) groups excluding carboxylic acids is 1. The second kappa shape index (κ2) is 3.64. The maximum absolute atomic E-state index is 10.8. The van der Waals surface area contributed by atoms with Crippen molar-refractivity contribution < 1.29 is 4.79 Å². The number of aryl methyl sites for hydroxylation is 1. The molecule has 0 aliphatic carbocycles. The van der Waals surface area contributed by atoms with Crippen LogP contribution < -0.4 is 5.32 Å². The Bertz CT molecular complexity index is 313. The van der Waals surface area contributed by atoms with Crippen LogP contribution in [0.4, 0.5) is 5.69 Å². The summed E-state index contributed by atoms with van der Waals surface area (Å²) in [5.41, 5.74) is 2.10. The number of hydrogen-bond donors (Lipinski definition) is 1. The number of anilines is 1. The fraction of sp³-hybridized carbons (Fsp3) is 0.500. The number of nitrogens with one attached hydrogen (secondary N) is 1. The van der Waals surface area contributed by atoms with Crippen molar-refractivity contribution in [3.05, 3.63) is 18.0 Å². The third-order valence-electron chi connectivity index (χ3n) is 1.96. The molecule has 1 aromatic rings. The van der Waals surface area contributed by atoms with Crippen molar-refractivity contribution in [2.75, 3.05) is 5.32 Å². The van der Waals surface area contributed by atoms with Crippen LogP contribution in [0.5, 0.6) is 0 Å². The summed E-state index contributed by atoms with van der Waals surface area (Å²) in [5.74, 6) is 0.452. The highest BCUT2D eigenvalue weighted by Gasteiger charge is 2.06. The molecule has 0 atom stereocenters. The summed E-state index contributed by atoms with van der Waals surface area (Å²) < 4.78 is 2.04. The lowest BCUT2D eigenvalue weighted by atomic mass is 10.1. The van der Waals surface area contributed by atoms with E-state index in [1.165, 1.54) is 12.6 Å². The number of carbonyl (C=O) groups is 1. The van der Waals surface area contributed by atoms with Gasteiger partial charge in [0.15, 0.2) is 0 Å². The molecule has 1 rings (SSSR count). The summed E-state index contributed by atoms with van der Waals surface area (Å²) in [7, 11) is 1.99. The van der Waals surface area contributed by atoms with Crippen molar-refractivity contribution in [3.8, 4) is 0 Å². The van der Waals surface area contributed by atoms with Crippen molar-refractivity contribution in [1.29, 1.82) is 0 Å². The van der Waals surface area contributed by atoms with Crippen LogP contribution in [0.25, 0.3) is 0 Å². The fourth-order valence-electron chi connectivity index (χ4n) is 1.43. The highest BCUT2D eigenvalue weighted by molar-refractivity contribution is 5.88. The summed E-state index contributed by atoms with van der Waals surface area (Å²) in [5, 5.41) is 2.76. The second-order valence-electron chi connectivity index (χ2n) is 3.60. The van der Waals surface area contributed by atoms with Gasteiger partial charge in [0.25, 0.3) is 0 Å². The van der Waals surface area contributed by atoms with Gasteiger partial charge < -0.3 is 9.88 Å². The molecule has 0 aliphatic heterocycles. The Morgan fingerprint density at radius 1 is 1.54 bits per heavy atom. The molecule has 1 heterocycles. The van der Waals surface area contributed by atoms with E-state index in [0.717, 1.165) is 5.69 Å². The van der Waals surface area contributed by atoms with Gasteiger partial charge in [-0.2, -0.15) is 0 Å². The Hall–Kier alpha value is -1.25. The first-order valence-corrected chi connectivity index (χ1v) is 4.44. The first-order valence-electron chi connectivity index (χ1n) is 4.44. The van der Waals surface area contributed by atoms with Crippen molar-refractivity contribution in [1.82, 2.24) is 4.57 Å². The molecule has 0 saturated heterocycles. The SMILES string of the molecule is CC(=O)Nc1cc(C(C)C)n(C)c1. The molecule has 1 aromatic heterocycles. The minimum Gasteiger partial charge on any atom is -0.352 e. The van der Waals surface area contributed by atoms with Crippen LogP contribution in [0.3, 0.4) is 0 Å². The molecule has 0 spiro atoms. The van der Waals surface area contributed by atoms with Crippen LogP contribution in [-0.2, 0) is 11.8 Å². The monoisotopic (exact) mass is 180 g/mol. The smallest absolute Gasteiger partial charge is 0.221 e. The summed E-state index contributed by atoms with van der Waals surface area (Å²) in [4.78, 5) is 10.8. The lowest BCUT2D eigenvalue weighted by molar-refractivity contribution is -0.114. The molecule has 3 heteroatoms. The molecule has 1 N–H and O–H groups in total. The molecular weight excluding hydrogens is 164 g/mol. The standard InChI is InChI=1S/C10H16N2O/c1-7(2)10-5-9(6-12(10)4)11-8(3)13/h5-7H,1-4H3,(H,11,13). The molecule has 0 bridgehead atoms. The van der Waals surface area contributed by atoms with Crippen molar-refractivity contribution in [3.63, 3.8) is 0 Å². The molecule has 0 aromatic carbocycles.